The van der Waals surface area contributed by atoms with E-state index in [9.17, 15) is 18.0 Å². The van der Waals surface area contributed by atoms with Gasteiger partial charge in [-0.25, -0.2) is 13.1 Å². The van der Waals surface area contributed by atoms with Crippen molar-refractivity contribution in [1.29, 1.82) is 0 Å². The van der Waals surface area contributed by atoms with Crippen LogP contribution in [0.2, 0.25) is 0 Å². The SMILES string of the molecule is O=C(N[C@@H](Cc1ccccc1)C(=O)CNS(=O)(=O)c1ccccc1)c1ccccc1C=Cc1ccc2ccccc2c1. The molecule has 5 aromatic carbocycles. The largest absolute Gasteiger partial charge is 0.342 e. The normalized spacial score (nSPS) is 12.3. The maximum atomic E-state index is 13.5. The summed E-state index contributed by atoms with van der Waals surface area (Å²) in [4.78, 5) is 26.9. The van der Waals surface area contributed by atoms with Gasteiger partial charge in [0.15, 0.2) is 5.78 Å². The van der Waals surface area contributed by atoms with E-state index in [0.717, 1.165) is 21.9 Å². The zero-order valence-electron chi connectivity index (χ0n) is 22.8. The molecule has 0 saturated carbocycles. The second kappa shape index (κ2) is 13.2. The summed E-state index contributed by atoms with van der Waals surface area (Å²) in [5.41, 5.74) is 2.93. The lowest BCUT2D eigenvalue weighted by atomic mass is 10.00. The molecule has 210 valence electrons. The molecule has 0 fully saturated rings. The molecule has 1 amide bonds. The average Bonchev–Trinajstić information content (AvgIpc) is 3.03. The summed E-state index contributed by atoms with van der Waals surface area (Å²) >= 11 is 0. The average molecular weight is 575 g/mol. The van der Waals surface area contributed by atoms with Gasteiger partial charge >= 0.3 is 0 Å². The van der Waals surface area contributed by atoms with Crippen molar-refractivity contribution in [3.05, 3.63) is 150 Å². The number of amides is 1. The maximum Gasteiger partial charge on any atom is 0.252 e. The zero-order chi connectivity index (χ0) is 29.4. The summed E-state index contributed by atoms with van der Waals surface area (Å²) in [5.74, 6) is -0.871. The van der Waals surface area contributed by atoms with Crippen LogP contribution in [0.3, 0.4) is 0 Å². The Morgan fingerprint density at radius 2 is 1.33 bits per heavy atom. The number of sulfonamides is 1. The van der Waals surface area contributed by atoms with Crippen molar-refractivity contribution in [3.8, 4) is 0 Å². The van der Waals surface area contributed by atoms with Crippen molar-refractivity contribution in [1.82, 2.24) is 10.0 Å². The van der Waals surface area contributed by atoms with Gasteiger partial charge in [-0.15, -0.1) is 0 Å². The Bertz CT molecular complexity index is 1840. The molecule has 0 unspecified atom stereocenters. The minimum absolute atomic E-state index is 0.0635. The Morgan fingerprint density at radius 1 is 0.690 bits per heavy atom. The van der Waals surface area contributed by atoms with Gasteiger partial charge < -0.3 is 5.32 Å². The van der Waals surface area contributed by atoms with E-state index in [4.69, 9.17) is 0 Å². The number of carbonyl (C=O) groups is 2. The Labute approximate surface area is 245 Å². The smallest absolute Gasteiger partial charge is 0.252 e. The molecule has 0 bridgehead atoms. The van der Waals surface area contributed by atoms with Gasteiger partial charge in [-0.3, -0.25) is 9.59 Å². The van der Waals surface area contributed by atoms with E-state index in [1.807, 2.05) is 72.8 Å². The molecule has 0 aromatic heterocycles. The fraction of sp³-hybridized carbons (Fsp3) is 0.0857. The molecular formula is C35H30N2O4S. The molecule has 7 heteroatoms. The summed E-state index contributed by atoms with van der Waals surface area (Å²) in [6, 6.07) is 37.6. The van der Waals surface area contributed by atoms with Crippen molar-refractivity contribution < 1.29 is 18.0 Å². The number of rotatable bonds is 11. The van der Waals surface area contributed by atoms with Gasteiger partial charge in [-0.1, -0.05) is 115 Å². The molecule has 1 atom stereocenters. The third-order valence-electron chi connectivity index (χ3n) is 6.90. The highest BCUT2D eigenvalue weighted by Crippen LogP contribution is 2.19. The third kappa shape index (κ3) is 7.26. The predicted octanol–water partition coefficient (Wildman–Crippen LogP) is 5.90. The van der Waals surface area contributed by atoms with Gasteiger partial charge in [0.05, 0.1) is 17.5 Å². The van der Waals surface area contributed by atoms with Crippen molar-refractivity contribution >= 4 is 44.6 Å². The van der Waals surface area contributed by atoms with E-state index >= 15 is 0 Å². The number of hydrogen-bond acceptors (Lipinski definition) is 4. The summed E-state index contributed by atoms with van der Waals surface area (Å²) in [6.07, 6.45) is 4.04. The van der Waals surface area contributed by atoms with Crippen LogP contribution in [-0.4, -0.2) is 32.7 Å². The minimum Gasteiger partial charge on any atom is -0.342 e. The van der Waals surface area contributed by atoms with Crippen molar-refractivity contribution in [2.24, 2.45) is 0 Å². The fourth-order valence-electron chi connectivity index (χ4n) is 4.65. The summed E-state index contributed by atoms with van der Waals surface area (Å²) in [6.45, 7) is -0.460. The number of fused-ring (bicyclic) bond motifs is 1. The Balaban J connectivity index is 1.35. The van der Waals surface area contributed by atoms with E-state index in [-0.39, 0.29) is 11.3 Å². The third-order valence-corrected chi connectivity index (χ3v) is 8.32. The van der Waals surface area contributed by atoms with Gasteiger partial charge in [0, 0.05) is 5.56 Å². The lowest BCUT2D eigenvalue weighted by Gasteiger charge is -2.19. The molecule has 2 N–H and O–H groups in total. The molecular weight excluding hydrogens is 544 g/mol. The van der Waals surface area contributed by atoms with Gasteiger partial charge in [0.25, 0.3) is 5.91 Å². The summed E-state index contributed by atoms with van der Waals surface area (Å²) < 4.78 is 27.8. The molecule has 0 aliphatic carbocycles. The minimum atomic E-state index is -3.89. The van der Waals surface area contributed by atoms with Crippen LogP contribution < -0.4 is 10.0 Å². The highest BCUT2D eigenvalue weighted by molar-refractivity contribution is 7.89. The van der Waals surface area contributed by atoms with Crippen LogP contribution >= 0.6 is 0 Å². The number of carbonyl (C=O) groups excluding carboxylic acids is 2. The molecule has 6 nitrogen and oxygen atoms in total. The molecule has 0 aliphatic heterocycles. The first kappa shape index (κ1) is 28.7. The molecule has 5 aromatic rings. The molecule has 0 heterocycles. The second-order valence-corrected chi connectivity index (χ2v) is 11.6. The van der Waals surface area contributed by atoms with Gasteiger partial charge in [-0.05, 0) is 58.1 Å². The van der Waals surface area contributed by atoms with Crippen molar-refractivity contribution in [3.63, 3.8) is 0 Å². The predicted molar refractivity (Wildman–Crippen MR) is 167 cm³/mol. The van der Waals surface area contributed by atoms with E-state index in [1.54, 1.807) is 30.3 Å². The first-order chi connectivity index (χ1) is 20.4. The van der Waals surface area contributed by atoms with Crippen LogP contribution in [0.25, 0.3) is 22.9 Å². The molecule has 0 radical (unpaired) electrons. The van der Waals surface area contributed by atoms with Gasteiger partial charge in [0.1, 0.15) is 0 Å². The van der Waals surface area contributed by atoms with Gasteiger partial charge in [-0.2, -0.15) is 0 Å². The lowest BCUT2D eigenvalue weighted by Crippen LogP contribution is -2.46. The molecule has 0 aliphatic rings. The topological polar surface area (TPSA) is 92.3 Å². The highest BCUT2D eigenvalue weighted by atomic mass is 32.2. The Morgan fingerprint density at radius 3 is 2.10 bits per heavy atom. The number of Topliss-reactive ketones (excluding diaryl/α,β-unsaturated/α-hetero) is 1. The first-order valence-electron chi connectivity index (χ1n) is 13.6. The van der Waals surface area contributed by atoms with Crippen molar-refractivity contribution in [2.45, 2.75) is 17.4 Å². The first-order valence-corrected chi connectivity index (χ1v) is 15.1. The standard InChI is InChI=1S/C35H30N2O4S/c38-34(25-36-42(40,41)31-16-5-2-6-17-31)33(24-26-11-3-1-4-12-26)37-35(39)32-18-10-9-14-29(32)22-20-27-19-21-28-13-7-8-15-30(28)23-27/h1-23,33,36H,24-25H2,(H,37,39)/t33-/m0/s1. The van der Waals surface area contributed by atoms with E-state index in [1.165, 1.54) is 12.1 Å². The second-order valence-electron chi connectivity index (χ2n) is 9.85. The molecule has 0 saturated heterocycles. The number of nitrogens with one attached hydrogen (secondary N) is 2. The number of ketones is 1. The van der Waals surface area contributed by atoms with Gasteiger partial charge in [0.2, 0.25) is 10.0 Å². The van der Waals surface area contributed by atoms with E-state index < -0.39 is 34.3 Å². The lowest BCUT2D eigenvalue weighted by molar-refractivity contribution is -0.119. The van der Waals surface area contributed by atoms with Crippen LogP contribution in [0, 0.1) is 0 Å². The summed E-state index contributed by atoms with van der Waals surface area (Å²) in [7, 11) is -3.89. The fourth-order valence-corrected chi connectivity index (χ4v) is 5.66. The molecule has 0 spiro atoms. The number of hydrogen-bond donors (Lipinski definition) is 2. The maximum absolute atomic E-state index is 13.5. The van der Waals surface area contributed by atoms with Crippen LogP contribution in [0.5, 0.6) is 0 Å². The van der Waals surface area contributed by atoms with Crippen LogP contribution in [0.1, 0.15) is 27.0 Å². The zero-order valence-corrected chi connectivity index (χ0v) is 23.6. The monoisotopic (exact) mass is 574 g/mol. The highest BCUT2D eigenvalue weighted by Gasteiger charge is 2.24. The van der Waals surface area contributed by atoms with Crippen LogP contribution in [-0.2, 0) is 21.2 Å². The van der Waals surface area contributed by atoms with E-state index in [2.05, 4.69) is 34.3 Å². The summed E-state index contributed by atoms with van der Waals surface area (Å²) in [5, 5.41) is 5.13. The Kier molecular flexibility index (Phi) is 9.02. The quantitative estimate of drug-likeness (QED) is 0.192. The van der Waals surface area contributed by atoms with Crippen LogP contribution in [0.15, 0.2) is 132 Å². The van der Waals surface area contributed by atoms with Crippen LogP contribution in [0.4, 0.5) is 0 Å². The molecule has 42 heavy (non-hydrogen) atoms. The Hall–Kier alpha value is -4.85. The van der Waals surface area contributed by atoms with Crippen molar-refractivity contribution in [2.75, 3.05) is 6.54 Å². The number of benzene rings is 5. The van der Waals surface area contributed by atoms with E-state index in [0.29, 0.717) is 11.1 Å². The molecule has 5 rings (SSSR count).